The Kier molecular flexibility index (Phi) is 33.8. The van der Waals surface area contributed by atoms with Crippen LogP contribution in [0.1, 0.15) is 38.4 Å². The third kappa shape index (κ3) is 11.3. The number of hydrogen-bond acceptors (Lipinski definition) is 1. The Labute approximate surface area is 131 Å². The predicted octanol–water partition coefficient (Wildman–Crippen LogP) is -4.05. The molecule has 0 spiro atoms. The van der Waals surface area contributed by atoms with E-state index in [0.717, 1.165) is 18.6 Å². The standard InChI is InChI=1S/C11H16O.2ClH.2H2O.Ti/c1-3-6-10(7-4-2)11-8-5-9-12-11;;;;;/h3-5,8-10H,6-7H2,1-2H3;2*1H;2*1H2;/q-2;;;;;+4/p-2. The monoisotopic (exact) mass is 318 g/mol. The molecule has 0 unspecified atom stereocenters. The minimum Gasteiger partial charge on any atom is -1.00 e. The molecule has 1 heterocycles. The normalized spacial score (nSPS) is 7.71. The van der Waals surface area contributed by atoms with Crippen LogP contribution in [0.5, 0.6) is 0 Å². The first-order valence-electron chi connectivity index (χ1n) is 4.47. The second-order valence-electron chi connectivity index (χ2n) is 3.00. The average molecular weight is 319 g/mol. The van der Waals surface area contributed by atoms with E-state index in [1.807, 2.05) is 6.07 Å². The Bertz CT molecular complexity index is 202. The Balaban J connectivity index is -0.0000000960. The molecule has 1 rings (SSSR count). The van der Waals surface area contributed by atoms with Crippen LogP contribution in [0.25, 0.3) is 0 Å². The van der Waals surface area contributed by atoms with Crippen LogP contribution in [0, 0.1) is 12.8 Å². The van der Waals surface area contributed by atoms with Crippen LogP contribution in [0.3, 0.4) is 0 Å². The van der Waals surface area contributed by atoms with E-state index in [-0.39, 0.29) is 57.5 Å². The molecule has 0 saturated carbocycles. The van der Waals surface area contributed by atoms with E-state index in [1.54, 1.807) is 6.26 Å². The number of halogens is 2. The second kappa shape index (κ2) is 18.8. The zero-order valence-corrected chi connectivity index (χ0v) is 13.1. The topological polar surface area (TPSA) is 76.1 Å². The van der Waals surface area contributed by atoms with Gasteiger partial charge in [-0.1, -0.05) is 0 Å². The molecule has 3 nitrogen and oxygen atoms in total. The largest absolute Gasteiger partial charge is 4.00 e. The zero-order valence-electron chi connectivity index (χ0n) is 10.0. The fourth-order valence-corrected chi connectivity index (χ4v) is 1.42. The van der Waals surface area contributed by atoms with Crippen molar-refractivity contribution in [3.63, 3.8) is 0 Å². The maximum Gasteiger partial charge on any atom is 4.00 e. The van der Waals surface area contributed by atoms with Gasteiger partial charge < -0.3 is 53.0 Å². The summed E-state index contributed by atoms with van der Waals surface area (Å²) >= 11 is 0. The summed E-state index contributed by atoms with van der Waals surface area (Å²) in [5, 5.41) is 0. The molecule has 17 heavy (non-hydrogen) atoms. The molecule has 4 N–H and O–H groups in total. The fourth-order valence-electron chi connectivity index (χ4n) is 1.42. The minimum atomic E-state index is 0. The van der Waals surface area contributed by atoms with Crippen molar-refractivity contribution in [3.05, 3.63) is 37.0 Å². The van der Waals surface area contributed by atoms with Gasteiger partial charge in [0.15, 0.2) is 0 Å². The van der Waals surface area contributed by atoms with Crippen molar-refractivity contribution in [2.75, 3.05) is 0 Å². The van der Waals surface area contributed by atoms with Gasteiger partial charge >= 0.3 is 21.7 Å². The molecule has 0 fully saturated rings. The van der Waals surface area contributed by atoms with E-state index < -0.39 is 0 Å². The van der Waals surface area contributed by atoms with Crippen LogP contribution in [-0.4, -0.2) is 11.0 Å². The Morgan fingerprint density at radius 1 is 1.12 bits per heavy atom. The summed E-state index contributed by atoms with van der Waals surface area (Å²) in [6.07, 6.45) is 8.32. The molecule has 100 valence electrons. The molecule has 6 heteroatoms. The van der Waals surface area contributed by atoms with Crippen LogP contribution in [0.2, 0.25) is 0 Å². The van der Waals surface area contributed by atoms with Crippen molar-refractivity contribution in [2.24, 2.45) is 0 Å². The van der Waals surface area contributed by atoms with E-state index >= 15 is 0 Å². The molecule has 0 aliphatic heterocycles. The summed E-state index contributed by atoms with van der Waals surface area (Å²) in [5.41, 5.74) is 0. The van der Waals surface area contributed by atoms with Crippen molar-refractivity contribution < 1.29 is 61.9 Å². The molecule has 0 aromatic carbocycles. The summed E-state index contributed by atoms with van der Waals surface area (Å²) in [6.45, 7) is 4.18. The third-order valence-electron chi connectivity index (χ3n) is 1.99. The van der Waals surface area contributed by atoms with Crippen LogP contribution >= 0.6 is 0 Å². The van der Waals surface area contributed by atoms with Crippen LogP contribution in [0.4, 0.5) is 0 Å². The molecule has 1 aromatic heterocycles. The van der Waals surface area contributed by atoms with Gasteiger partial charge in [0.2, 0.25) is 0 Å². The van der Waals surface area contributed by atoms with E-state index in [0.29, 0.717) is 5.92 Å². The van der Waals surface area contributed by atoms with E-state index in [2.05, 4.69) is 32.8 Å². The third-order valence-corrected chi connectivity index (χ3v) is 1.99. The number of hydrogen-bond donors (Lipinski definition) is 0. The molecule has 0 aliphatic carbocycles. The molecule has 0 bridgehead atoms. The molecule has 0 aliphatic rings. The fraction of sp³-hybridized carbons (Fsp3) is 0.455. The van der Waals surface area contributed by atoms with Crippen LogP contribution in [0.15, 0.2) is 22.8 Å². The SMILES string of the molecule is C[CH-]CC(C[CH-]C)c1ccco1.O.O.[Cl-].[Cl-].[Ti+4]. The number of rotatable bonds is 5. The smallest absolute Gasteiger partial charge is 1.00 e. The first kappa shape index (κ1) is 30.5. The van der Waals surface area contributed by atoms with Crippen molar-refractivity contribution in [1.29, 1.82) is 0 Å². The first-order chi connectivity index (χ1) is 5.88. The van der Waals surface area contributed by atoms with Crippen molar-refractivity contribution >= 4 is 0 Å². The summed E-state index contributed by atoms with van der Waals surface area (Å²) < 4.78 is 5.36. The summed E-state index contributed by atoms with van der Waals surface area (Å²) in [4.78, 5) is 0. The molecular weight excluding hydrogens is 299 g/mol. The maximum absolute atomic E-state index is 5.36. The first-order valence-corrected chi connectivity index (χ1v) is 4.47. The van der Waals surface area contributed by atoms with Gasteiger partial charge in [0, 0.05) is 0 Å². The molecule has 0 saturated heterocycles. The molecule has 0 amide bonds. The predicted molar refractivity (Wildman–Crippen MR) is 57.9 cm³/mol. The average Bonchev–Trinajstić information content (AvgIpc) is 2.56. The molecule has 0 atom stereocenters. The van der Waals surface area contributed by atoms with Crippen molar-refractivity contribution in [3.8, 4) is 0 Å². The van der Waals surface area contributed by atoms with Gasteiger partial charge in [-0.2, -0.15) is 26.7 Å². The van der Waals surface area contributed by atoms with Gasteiger partial charge in [0.1, 0.15) is 5.76 Å². The molecular formula is C11H20Cl2O3Ti. The van der Waals surface area contributed by atoms with Gasteiger partial charge in [0.05, 0.1) is 6.26 Å². The van der Waals surface area contributed by atoms with Crippen LogP contribution < -0.4 is 24.8 Å². The van der Waals surface area contributed by atoms with Gasteiger partial charge in [-0.3, -0.25) is 0 Å². The summed E-state index contributed by atoms with van der Waals surface area (Å²) in [6, 6.07) is 4.01. The minimum absolute atomic E-state index is 0. The van der Waals surface area contributed by atoms with Crippen molar-refractivity contribution in [1.82, 2.24) is 0 Å². The summed E-state index contributed by atoms with van der Waals surface area (Å²) in [7, 11) is 0. The maximum atomic E-state index is 5.36. The molecule has 1 aromatic rings. The second-order valence-corrected chi connectivity index (χ2v) is 3.00. The molecule has 0 radical (unpaired) electrons. The van der Waals surface area contributed by atoms with Crippen molar-refractivity contribution in [2.45, 2.75) is 32.6 Å². The van der Waals surface area contributed by atoms with Gasteiger partial charge in [0.25, 0.3) is 0 Å². The Morgan fingerprint density at radius 2 is 1.59 bits per heavy atom. The zero-order chi connectivity index (χ0) is 8.81. The Morgan fingerprint density at radius 3 is 1.88 bits per heavy atom. The number of furan rings is 1. The van der Waals surface area contributed by atoms with E-state index in [9.17, 15) is 0 Å². The summed E-state index contributed by atoms with van der Waals surface area (Å²) in [5.74, 6) is 1.64. The van der Waals surface area contributed by atoms with Gasteiger partial charge in [-0.15, -0.1) is 0 Å². The van der Waals surface area contributed by atoms with Gasteiger partial charge in [-0.05, 0) is 18.1 Å². The van der Waals surface area contributed by atoms with E-state index in [4.69, 9.17) is 4.42 Å². The van der Waals surface area contributed by atoms with E-state index in [1.165, 1.54) is 0 Å². The Hall–Kier alpha value is 0.494. The van der Waals surface area contributed by atoms with Gasteiger partial charge in [-0.25, -0.2) is 0 Å². The van der Waals surface area contributed by atoms with Crippen LogP contribution in [-0.2, 0) is 21.7 Å². The quantitative estimate of drug-likeness (QED) is 0.402.